The number of hydrogen-bond acceptors (Lipinski definition) is 3. The molecule has 2 amide bonds. The molecule has 1 aromatic carbocycles. The van der Waals surface area contributed by atoms with Crippen molar-refractivity contribution in [2.45, 2.75) is 26.9 Å². The van der Waals surface area contributed by atoms with Gasteiger partial charge in [0.1, 0.15) is 11.2 Å². The van der Waals surface area contributed by atoms with Gasteiger partial charge in [-0.15, -0.1) is 0 Å². The molecule has 0 saturated heterocycles. The fourth-order valence-electron chi connectivity index (χ4n) is 2.30. The highest BCUT2D eigenvalue weighted by molar-refractivity contribution is 6.04. The lowest BCUT2D eigenvalue weighted by atomic mass is 9.90. The van der Waals surface area contributed by atoms with Crippen LogP contribution in [0.25, 0.3) is 0 Å². The number of rotatable bonds is 6. The minimum Gasteiger partial charge on any atom is -0.467 e. The van der Waals surface area contributed by atoms with Gasteiger partial charge in [0, 0.05) is 13.6 Å². The third-order valence-electron chi connectivity index (χ3n) is 3.71. The van der Waals surface area contributed by atoms with Crippen LogP contribution in [0.4, 0.5) is 0 Å². The van der Waals surface area contributed by atoms with Crippen LogP contribution >= 0.6 is 0 Å². The van der Waals surface area contributed by atoms with Gasteiger partial charge >= 0.3 is 0 Å². The lowest BCUT2D eigenvalue weighted by Crippen LogP contribution is -2.48. The molecule has 1 aromatic heterocycles. The summed E-state index contributed by atoms with van der Waals surface area (Å²) in [5.74, 6) is 0.108. The Morgan fingerprint density at radius 2 is 1.83 bits per heavy atom. The molecule has 1 N–H and O–H groups in total. The van der Waals surface area contributed by atoms with E-state index in [1.165, 1.54) is 0 Å². The maximum atomic E-state index is 12.6. The molecule has 5 heteroatoms. The van der Waals surface area contributed by atoms with E-state index in [1.54, 1.807) is 44.2 Å². The summed E-state index contributed by atoms with van der Waals surface area (Å²) in [4.78, 5) is 26.5. The topological polar surface area (TPSA) is 62.6 Å². The zero-order chi connectivity index (χ0) is 16.9. The molecule has 1 heterocycles. The number of carbonyl (C=O) groups is 2. The first kappa shape index (κ1) is 16.8. The third kappa shape index (κ3) is 4.22. The van der Waals surface area contributed by atoms with E-state index in [0.717, 1.165) is 5.56 Å². The second-order valence-corrected chi connectivity index (χ2v) is 6.03. The zero-order valence-electron chi connectivity index (χ0n) is 13.7. The summed E-state index contributed by atoms with van der Waals surface area (Å²) in [7, 11) is 1.71. The number of carbonyl (C=O) groups excluding carboxylic acids is 2. The summed E-state index contributed by atoms with van der Waals surface area (Å²) in [6.07, 6.45) is 1.55. The highest BCUT2D eigenvalue weighted by atomic mass is 16.3. The molecule has 2 rings (SSSR count). The highest BCUT2D eigenvalue weighted by Crippen LogP contribution is 2.20. The SMILES string of the molecule is CN(Cc1ccccc1)C(=O)C(C)(C)C(=O)NCc1ccco1. The molecule has 0 atom stereocenters. The van der Waals surface area contributed by atoms with Crippen molar-refractivity contribution < 1.29 is 14.0 Å². The van der Waals surface area contributed by atoms with Crippen molar-refractivity contribution in [3.05, 3.63) is 60.1 Å². The number of nitrogens with zero attached hydrogens (tertiary/aromatic N) is 1. The van der Waals surface area contributed by atoms with E-state index in [-0.39, 0.29) is 18.4 Å². The first-order valence-electron chi connectivity index (χ1n) is 7.51. The van der Waals surface area contributed by atoms with E-state index in [1.807, 2.05) is 30.3 Å². The number of amides is 2. The summed E-state index contributed by atoms with van der Waals surface area (Å²) in [6, 6.07) is 13.2. The van der Waals surface area contributed by atoms with Gasteiger partial charge in [0.05, 0.1) is 12.8 Å². The third-order valence-corrected chi connectivity index (χ3v) is 3.71. The molecule has 0 radical (unpaired) electrons. The zero-order valence-corrected chi connectivity index (χ0v) is 13.7. The Kier molecular flexibility index (Phi) is 5.21. The quantitative estimate of drug-likeness (QED) is 0.834. The molecule has 5 nitrogen and oxygen atoms in total. The van der Waals surface area contributed by atoms with Crippen molar-refractivity contribution in [1.82, 2.24) is 10.2 Å². The summed E-state index contributed by atoms with van der Waals surface area (Å²) < 4.78 is 5.17. The molecule has 2 aromatic rings. The van der Waals surface area contributed by atoms with Crippen LogP contribution in [0, 0.1) is 5.41 Å². The Hall–Kier alpha value is -2.56. The Labute approximate surface area is 136 Å². The van der Waals surface area contributed by atoms with Crippen LogP contribution in [0.1, 0.15) is 25.2 Å². The van der Waals surface area contributed by atoms with Crippen LogP contribution in [0.5, 0.6) is 0 Å². The van der Waals surface area contributed by atoms with Gasteiger partial charge in [-0.25, -0.2) is 0 Å². The standard InChI is InChI=1S/C18H22N2O3/c1-18(2,16(21)19-12-15-10-7-11-23-15)17(22)20(3)13-14-8-5-4-6-9-14/h4-11H,12-13H2,1-3H3,(H,19,21). The minimum absolute atomic E-state index is 0.224. The van der Waals surface area contributed by atoms with E-state index in [4.69, 9.17) is 4.42 Å². The van der Waals surface area contributed by atoms with Crippen LogP contribution in [0.3, 0.4) is 0 Å². The molecule has 23 heavy (non-hydrogen) atoms. The molecule has 0 unspecified atom stereocenters. The van der Waals surface area contributed by atoms with E-state index >= 15 is 0 Å². The Morgan fingerprint density at radius 1 is 1.13 bits per heavy atom. The predicted octanol–water partition coefficient (Wildman–Crippen LogP) is 2.58. The van der Waals surface area contributed by atoms with Crippen molar-refractivity contribution in [2.75, 3.05) is 7.05 Å². The number of hydrogen-bond donors (Lipinski definition) is 1. The van der Waals surface area contributed by atoms with Crippen LogP contribution in [-0.4, -0.2) is 23.8 Å². The lowest BCUT2D eigenvalue weighted by molar-refractivity contribution is -0.148. The Morgan fingerprint density at radius 3 is 2.43 bits per heavy atom. The summed E-state index contributed by atoms with van der Waals surface area (Å²) >= 11 is 0. The van der Waals surface area contributed by atoms with E-state index in [9.17, 15) is 9.59 Å². The summed E-state index contributed by atoms with van der Waals surface area (Å²) in [5.41, 5.74) is -0.119. The van der Waals surface area contributed by atoms with Gasteiger partial charge in [0.25, 0.3) is 0 Å². The molecular formula is C18H22N2O3. The van der Waals surface area contributed by atoms with Crippen molar-refractivity contribution in [2.24, 2.45) is 5.41 Å². The predicted molar refractivity (Wildman–Crippen MR) is 87.3 cm³/mol. The van der Waals surface area contributed by atoms with Crippen molar-refractivity contribution in [3.63, 3.8) is 0 Å². The van der Waals surface area contributed by atoms with E-state index in [0.29, 0.717) is 12.3 Å². The van der Waals surface area contributed by atoms with Crippen LogP contribution < -0.4 is 5.32 Å². The molecule has 122 valence electrons. The van der Waals surface area contributed by atoms with E-state index in [2.05, 4.69) is 5.32 Å². The molecule has 0 aliphatic carbocycles. The summed E-state index contributed by atoms with van der Waals surface area (Å²) in [5, 5.41) is 2.74. The fraction of sp³-hybridized carbons (Fsp3) is 0.333. The molecule has 0 bridgehead atoms. The number of furan rings is 1. The van der Waals surface area contributed by atoms with Crippen molar-refractivity contribution >= 4 is 11.8 Å². The van der Waals surface area contributed by atoms with Crippen molar-refractivity contribution in [1.29, 1.82) is 0 Å². The van der Waals surface area contributed by atoms with Gasteiger partial charge in [-0.2, -0.15) is 0 Å². The maximum absolute atomic E-state index is 12.6. The number of nitrogens with one attached hydrogen (secondary N) is 1. The van der Waals surface area contributed by atoms with Gasteiger partial charge in [-0.1, -0.05) is 30.3 Å². The van der Waals surface area contributed by atoms with Gasteiger partial charge in [-0.3, -0.25) is 9.59 Å². The Bertz CT molecular complexity index is 648. The van der Waals surface area contributed by atoms with Crippen molar-refractivity contribution in [3.8, 4) is 0 Å². The first-order chi connectivity index (χ1) is 10.9. The van der Waals surface area contributed by atoms with Gasteiger partial charge in [0.15, 0.2) is 0 Å². The molecule has 0 aliphatic heterocycles. The molecule has 0 saturated carbocycles. The largest absolute Gasteiger partial charge is 0.467 e. The van der Waals surface area contributed by atoms with Crippen LogP contribution in [-0.2, 0) is 22.7 Å². The van der Waals surface area contributed by atoms with E-state index < -0.39 is 5.41 Å². The van der Waals surface area contributed by atoms with Crippen LogP contribution in [0.2, 0.25) is 0 Å². The molecule has 0 fully saturated rings. The molecular weight excluding hydrogens is 292 g/mol. The average Bonchev–Trinajstić information content (AvgIpc) is 3.06. The first-order valence-corrected chi connectivity index (χ1v) is 7.51. The number of benzene rings is 1. The van der Waals surface area contributed by atoms with Crippen LogP contribution in [0.15, 0.2) is 53.1 Å². The molecule has 0 aliphatic rings. The smallest absolute Gasteiger partial charge is 0.237 e. The summed E-state index contributed by atoms with van der Waals surface area (Å²) in [6.45, 7) is 4.00. The second kappa shape index (κ2) is 7.13. The van der Waals surface area contributed by atoms with Gasteiger partial charge in [-0.05, 0) is 31.5 Å². The normalized spacial score (nSPS) is 11.1. The fourth-order valence-corrected chi connectivity index (χ4v) is 2.30. The van der Waals surface area contributed by atoms with Gasteiger partial charge in [0.2, 0.25) is 11.8 Å². The molecule has 0 spiro atoms. The average molecular weight is 314 g/mol. The minimum atomic E-state index is -1.14. The highest BCUT2D eigenvalue weighted by Gasteiger charge is 2.38. The second-order valence-electron chi connectivity index (χ2n) is 6.03. The van der Waals surface area contributed by atoms with Gasteiger partial charge < -0.3 is 14.6 Å². The lowest BCUT2D eigenvalue weighted by Gasteiger charge is -2.28. The monoisotopic (exact) mass is 314 g/mol. The maximum Gasteiger partial charge on any atom is 0.237 e. The Balaban J connectivity index is 1.96.